The van der Waals surface area contributed by atoms with Gasteiger partial charge in [-0.3, -0.25) is 4.79 Å². The Morgan fingerprint density at radius 3 is 2.59 bits per heavy atom. The molecular weight excluding hydrogens is 354 g/mol. The Morgan fingerprint density at radius 1 is 1.33 bits per heavy atom. The fraction of sp³-hybridized carbons (Fsp3) is 0.611. The molecule has 0 saturated carbocycles. The van der Waals surface area contributed by atoms with E-state index < -0.39 is 17.3 Å². The third-order valence-corrected chi connectivity index (χ3v) is 3.83. The smallest absolute Gasteiger partial charge is 0.294 e. The number of para-hydroxylation sites is 1. The molecule has 0 aromatic heterocycles. The number of rotatable bonds is 13. The van der Waals surface area contributed by atoms with Crippen LogP contribution in [0.25, 0.3) is 0 Å². The van der Waals surface area contributed by atoms with Gasteiger partial charge in [-0.1, -0.05) is 32.0 Å². The van der Waals surface area contributed by atoms with Crippen molar-refractivity contribution in [2.45, 2.75) is 44.9 Å². The second-order valence-corrected chi connectivity index (χ2v) is 6.53. The minimum absolute atomic E-state index is 0.0115. The molecule has 1 aromatic rings. The third-order valence-electron chi connectivity index (χ3n) is 3.83. The molecule has 0 spiro atoms. The summed E-state index contributed by atoms with van der Waals surface area (Å²) in [5, 5.41) is 22.9. The van der Waals surface area contributed by atoms with E-state index in [-0.39, 0.29) is 25.0 Å². The van der Waals surface area contributed by atoms with E-state index in [2.05, 4.69) is 10.2 Å². The molecule has 2 N–H and O–H groups in total. The molecule has 2 unspecified atom stereocenters. The summed E-state index contributed by atoms with van der Waals surface area (Å²) in [6, 6.07) is 9.20. The van der Waals surface area contributed by atoms with Crippen molar-refractivity contribution in [1.82, 2.24) is 10.2 Å². The van der Waals surface area contributed by atoms with Crippen LogP contribution in [-0.4, -0.2) is 66.0 Å². The molecule has 9 heteroatoms. The minimum Gasteiger partial charge on any atom is -0.487 e. The van der Waals surface area contributed by atoms with Gasteiger partial charge in [0.15, 0.2) is 0 Å². The van der Waals surface area contributed by atoms with Crippen LogP contribution in [0.15, 0.2) is 30.3 Å². The summed E-state index contributed by atoms with van der Waals surface area (Å²) in [6.45, 7) is 4.46. The monoisotopic (exact) mass is 383 g/mol. The van der Waals surface area contributed by atoms with E-state index in [9.17, 15) is 20.0 Å². The summed E-state index contributed by atoms with van der Waals surface area (Å²) in [7, 11) is 1.60. The number of carbonyl (C=O) groups excluding carboxylic acids is 1. The Hall–Kier alpha value is -2.39. The molecule has 0 aliphatic carbocycles. The maximum absolute atomic E-state index is 12.5. The summed E-state index contributed by atoms with van der Waals surface area (Å²) in [5.74, 6) is 0.349. The van der Waals surface area contributed by atoms with E-state index >= 15 is 0 Å². The minimum atomic E-state index is -0.872. The van der Waals surface area contributed by atoms with Gasteiger partial charge in [0.05, 0.1) is 13.0 Å². The Morgan fingerprint density at radius 2 is 2.00 bits per heavy atom. The summed E-state index contributed by atoms with van der Waals surface area (Å²) in [4.78, 5) is 28.3. The van der Waals surface area contributed by atoms with Crippen molar-refractivity contribution in [3.63, 3.8) is 0 Å². The molecule has 0 saturated heterocycles. The van der Waals surface area contributed by atoms with Crippen LogP contribution in [0, 0.1) is 10.1 Å². The van der Waals surface area contributed by atoms with Crippen LogP contribution in [0.1, 0.15) is 26.7 Å². The topological polar surface area (TPSA) is 114 Å². The molecule has 1 rings (SSSR count). The summed E-state index contributed by atoms with van der Waals surface area (Å²) in [5.41, 5.74) is 0. The van der Waals surface area contributed by atoms with Crippen molar-refractivity contribution >= 4 is 5.91 Å². The molecule has 0 bridgehead atoms. The molecule has 9 nitrogen and oxygen atoms in total. The van der Waals surface area contributed by atoms with Crippen molar-refractivity contribution in [3.05, 3.63) is 40.4 Å². The predicted molar refractivity (Wildman–Crippen MR) is 99.8 cm³/mol. The van der Waals surface area contributed by atoms with Gasteiger partial charge in [0, 0.05) is 26.2 Å². The van der Waals surface area contributed by atoms with Gasteiger partial charge in [-0.05, 0) is 18.6 Å². The Bertz CT molecular complexity index is 569. The van der Waals surface area contributed by atoms with Crippen LogP contribution in [0.3, 0.4) is 0 Å². The van der Waals surface area contributed by atoms with E-state index in [0.717, 1.165) is 0 Å². The number of nitrogens with one attached hydrogen (secondary N) is 1. The number of aliphatic hydroxyl groups excluding tert-OH is 1. The van der Waals surface area contributed by atoms with Gasteiger partial charge in [0.1, 0.15) is 18.0 Å². The summed E-state index contributed by atoms with van der Waals surface area (Å²) in [6.07, 6.45) is -1.26. The number of amides is 1. The standard InChI is InChI=1S/C18H29N3O6/c1-14(2)19-13-16(22)17(27-15-8-5-4-6-9-15)12-18(23)20(3)10-7-11-26-21(24)25/h4-6,8-9,14,16-17,19,22H,7,10-13H2,1-3H3. The number of ether oxygens (including phenoxy) is 1. The number of aliphatic hydroxyl groups is 1. The molecule has 27 heavy (non-hydrogen) atoms. The molecule has 0 aliphatic rings. The van der Waals surface area contributed by atoms with Gasteiger partial charge in [-0.2, -0.15) is 0 Å². The van der Waals surface area contributed by atoms with Crippen LogP contribution in [0.2, 0.25) is 0 Å². The van der Waals surface area contributed by atoms with Crippen molar-refractivity contribution in [2.24, 2.45) is 0 Å². The molecule has 0 fully saturated rings. The highest BCUT2D eigenvalue weighted by atomic mass is 16.9. The molecular formula is C18H29N3O6. The number of benzene rings is 1. The molecule has 1 amide bonds. The zero-order valence-electron chi connectivity index (χ0n) is 16.0. The lowest BCUT2D eigenvalue weighted by molar-refractivity contribution is -0.757. The molecule has 0 aliphatic heterocycles. The highest BCUT2D eigenvalue weighted by Gasteiger charge is 2.26. The SMILES string of the molecule is CC(C)NCC(O)C(CC(=O)N(C)CCCO[N+](=O)[O-])Oc1ccccc1. The number of hydrogen-bond acceptors (Lipinski definition) is 7. The van der Waals surface area contributed by atoms with E-state index in [1.807, 2.05) is 32.0 Å². The van der Waals surface area contributed by atoms with Crippen LogP contribution >= 0.6 is 0 Å². The first-order valence-corrected chi connectivity index (χ1v) is 8.94. The average Bonchev–Trinajstić information content (AvgIpc) is 2.63. The van der Waals surface area contributed by atoms with Gasteiger partial charge >= 0.3 is 0 Å². The molecule has 0 heterocycles. The van der Waals surface area contributed by atoms with E-state index in [0.29, 0.717) is 25.3 Å². The highest BCUT2D eigenvalue weighted by Crippen LogP contribution is 2.16. The second-order valence-electron chi connectivity index (χ2n) is 6.53. The van der Waals surface area contributed by atoms with Gasteiger partial charge in [0.25, 0.3) is 5.09 Å². The van der Waals surface area contributed by atoms with E-state index in [4.69, 9.17) is 4.74 Å². The van der Waals surface area contributed by atoms with E-state index in [1.165, 1.54) is 4.90 Å². The quantitative estimate of drug-likeness (QED) is 0.299. The maximum Gasteiger partial charge on any atom is 0.294 e. The lowest BCUT2D eigenvalue weighted by atomic mass is 10.1. The first-order valence-electron chi connectivity index (χ1n) is 8.94. The Kier molecular flexibility index (Phi) is 10.1. The van der Waals surface area contributed by atoms with Crippen LogP contribution < -0.4 is 10.1 Å². The molecule has 1 aromatic carbocycles. The molecule has 2 atom stereocenters. The molecule has 152 valence electrons. The zero-order chi connectivity index (χ0) is 20.2. The van der Waals surface area contributed by atoms with Crippen molar-refractivity contribution in [3.8, 4) is 5.75 Å². The number of carbonyl (C=O) groups is 1. The molecule has 0 radical (unpaired) electrons. The lowest BCUT2D eigenvalue weighted by Crippen LogP contribution is -2.44. The fourth-order valence-electron chi connectivity index (χ4n) is 2.31. The van der Waals surface area contributed by atoms with Crippen LogP contribution in [-0.2, 0) is 9.63 Å². The summed E-state index contributed by atoms with van der Waals surface area (Å²) >= 11 is 0. The average molecular weight is 383 g/mol. The predicted octanol–water partition coefficient (Wildman–Crippen LogP) is 1.24. The van der Waals surface area contributed by atoms with Gasteiger partial charge in [-0.25, -0.2) is 0 Å². The highest BCUT2D eigenvalue weighted by molar-refractivity contribution is 5.76. The van der Waals surface area contributed by atoms with Crippen molar-refractivity contribution in [1.29, 1.82) is 0 Å². The van der Waals surface area contributed by atoms with Crippen molar-refractivity contribution < 1.29 is 24.6 Å². The summed E-state index contributed by atoms with van der Waals surface area (Å²) < 4.78 is 5.83. The fourth-order valence-corrected chi connectivity index (χ4v) is 2.31. The maximum atomic E-state index is 12.5. The zero-order valence-corrected chi connectivity index (χ0v) is 16.0. The second kappa shape index (κ2) is 12.1. The first-order chi connectivity index (χ1) is 12.8. The largest absolute Gasteiger partial charge is 0.487 e. The lowest BCUT2D eigenvalue weighted by Gasteiger charge is -2.27. The van der Waals surface area contributed by atoms with Gasteiger partial charge in [0.2, 0.25) is 5.91 Å². The van der Waals surface area contributed by atoms with Gasteiger partial charge in [-0.15, -0.1) is 10.1 Å². The normalized spacial score (nSPS) is 13.1. The third kappa shape index (κ3) is 9.76. The first kappa shape index (κ1) is 22.7. The number of nitrogens with zero attached hydrogens (tertiary/aromatic N) is 2. The van der Waals surface area contributed by atoms with Crippen molar-refractivity contribution in [2.75, 3.05) is 26.7 Å². The van der Waals surface area contributed by atoms with E-state index in [1.54, 1.807) is 19.2 Å². The van der Waals surface area contributed by atoms with Crippen LogP contribution in [0.5, 0.6) is 5.75 Å². The Balaban J connectivity index is 2.62. The van der Waals surface area contributed by atoms with Gasteiger partial charge < -0.3 is 24.9 Å². The van der Waals surface area contributed by atoms with Crippen LogP contribution in [0.4, 0.5) is 0 Å². The number of hydrogen-bond donors (Lipinski definition) is 2. The Labute approximate surface area is 159 Å².